The van der Waals surface area contributed by atoms with Crippen LogP contribution >= 0.6 is 11.3 Å². The van der Waals surface area contributed by atoms with Crippen LogP contribution in [0, 0.1) is 0 Å². The Labute approximate surface area is 108 Å². The lowest BCUT2D eigenvalue weighted by Gasteiger charge is -2.38. The highest BCUT2D eigenvalue weighted by atomic mass is 32.1. The Hall–Kier alpha value is -1.89. The zero-order valence-electron chi connectivity index (χ0n) is 9.69. The number of carbonyl (C=O) groups is 1. The van der Waals surface area contributed by atoms with E-state index in [-0.39, 0.29) is 12.1 Å². The number of aromatic nitrogens is 3. The van der Waals surface area contributed by atoms with Crippen LogP contribution < -0.4 is 5.32 Å². The molecule has 6 nitrogen and oxygen atoms in total. The minimum atomic E-state index is -0.0215. The standard InChI is InChI=1S/C11H13N5OS/c17-11(12-6-10-2-1-5-18-10)15-7-9(8-15)16-13-3-4-14-16/h1-5,9H,6-8H2,(H,12,17). The molecular weight excluding hydrogens is 250 g/mol. The maximum Gasteiger partial charge on any atom is 0.317 e. The number of carbonyl (C=O) groups excluding carboxylic acids is 1. The lowest BCUT2D eigenvalue weighted by Crippen LogP contribution is -2.54. The van der Waals surface area contributed by atoms with Crippen molar-refractivity contribution in [3.63, 3.8) is 0 Å². The summed E-state index contributed by atoms with van der Waals surface area (Å²) in [7, 11) is 0. The summed E-state index contributed by atoms with van der Waals surface area (Å²) in [5.41, 5.74) is 0. The van der Waals surface area contributed by atoms with Gasteiger partial charge in [-0.3, -0.25) is 0 Å². The quantitative estimate of drug-likeness (QED) is 0.902. The summed E-state index contributed by atoms with van der Waals surface area (Å²) in [6, 6.07) is 4.19. The molecule has 0 aliphatic carbocycles. The van der Waals surface area contributed by atoms with Crippen LogP contribution in [0.15, 0.2) is 29.9 Å². The van der Waals surface area contributed by atoms with E-state index in [0.29, 0.717) is 19.6 Å². The zero-order chi connectivity index (χ0) is 12.4. The molecule has 0 aromatic carbocycles. The van der Waals surface area contributed by atoms with E-state index >= 15 is 0 Å². The average molecular weight is 263 g/mol. The molecule has 94 valence electrons. The van der Waals surface area contributed by atoms with Gasteiger partial charge in [-0.1, -0.05) is 6.07 Å². The summed E-state index contributed by atoms with van der Waals surface area (Å²) in [6.07, 6.45) is 3.30. The molecule has 2 aromatic heterocycles. The van der Waals surface area contributed by atoms with Crippen LogP contribution in [0.3, 0.4) is 0 Å². The van der Waals surface area contributed by atoms with Gasteiger partial charge in [-0.25, -0.2) is 4.79 Å². The first-order valence-electron chi connectivity index (χ1n) is 5.74. The molecule has 7 heteroatoms. The van der Waals surface area contributed by atoms with E-state index in [4.69, 9.17) is 0 Å². The van der Waals surface area contributed by atoms with E-state index in [1.165, 1.54) is 0 Å². The number of nitrogens with zero attached hydrogens (tertiary/aromatic N) is 4. The van der Waals surface area contributed by atoms with E-state index in [1.54, 1.807) is 33.4 Å². The van der Waals surface area contributed by atoms with Gasteiger partial charge in [0.2, 0.25) is 0 Å². The van der Waals surface area contributed by atoms with E-state index in [0.717, 1.165) is 4.88 Å². The predicted octanol–water partition coefficient (Wildman–Crippen LogP) is 1.11. The number of rotatable bonds is 3. The second kappa shape index (κ2) is 4.77. The number of urea groups is 1. The number of nitrogens with one attached hydrogen (secondary N) is 1. The second-order valence-corrected chi connectivity index (χ2v) is 5.18. The zero-order valence-corrected chi connectivity index (χ0v) is 10.5. The Bertz CT molecular complexity index is 504. The fourth-order valence-electron chi connectivity index (χ4n) is 1.87. The van der Waals surface area contributed by atoms with Gasteiger partial charge in [-0.2, -0.15) is 15.0 Å². The summed E-state index contributed by atoms with van der Waals surface area (Å²) >= 11 is 1.64. The van der Waals surface area contributed by atoms with Crippen molar-refractivity contribution in [3.05, 3.63) is 34.8 Å². The Morgan fingerprint density at radius 1 is 1.44 bits per heavy atom. The molecule has 1 N–H and O–H groups in total. The highest BCUT2D eigenvalue weighted by Gasteiger charge is 2.32. The smallest absolute Gasteiger partial charge is 0.317 e. The Balaban J connectivity index is 1.45. The first kappa shape index (κ1) is 11.2. The molecule has 0 radical (unpaired) electrons. The lowest BCUT2D eigenvalue weighted by molar-refractivity contribution is 0.110. The topological polar surface area (TPSA) is 63.1 Å². The third-order valence-electron chi connectivity index (χ3n) is 2.91. The van der Waals surface area contributed by atoms with Crippen LogP contribution in [0.25, 0.3) is 0 Å². The van der Waals surface area contributed by atoms with Crippen molar-refractivity contribution in [1.82, 2.24) is 25.2 Å². The molecule has 18 heavy (non-hydrogen) atoms. The average Bonchev–Trinajstić information content (AvgIpc) is 2.97. The Morgan fingerprint density at radius 3 is 2.89 bits per heavy atom. The molecule has 1 aliphatic heterocycles. The van der Waals surface area contributed by atoms with Gasteiger partial charge < -0.3 is 10.2 Å². The van der Waals surface area contributed by atoms with Crippen LogP contribution in [0.5, 0.6) is 0 Å². The number of hydrogen-bond acceptors (Lipinski definition) is 4. The molecule has 0 atom stereocenters. The largest absolute Gasteiger partial charge is 0.333 e. The van der Waals surface area contributed by atoms with Crippen LogP contribution in [-0.2, 0) is 6.54 Å². The summed E-state index contributed by atoms with van der Waals surface area (Å²) in [4.78, 5) is 16.4. The number of thiophene rings is 1. The minimum absolute atomic E-state index is 0.0215. The van der Waals surface area contributed by atoms with Crippen LogP contribution in [0.4, 0.5) is 4.79 Å². The molecule has 2 amide bonds. The van der Waals surface area contributed by atoms with Crippen molar-refractivity contribution in [2.75, 3.05) is 13.1 Å². The molecule has 0 spiro atoms. The highest BCUT2D eigenvalue weighted by Crippen LogP contribution is 2.19. The molecule has 0 unspecified atom stereocenters. The molecule has 1 aliphatic rings. The first-order valence-corrected chi connectivity index (χ1v) is 6.62. The van der Waals surface area contributed by atoms with Gasteiger partial charge >= 0.3 is 6.03 Å². The van der Waals surface area contributed by atoms with Crippen molar-refractivity contribution in [2.45, 2.75) is 12.6 Å². The normalized spacial score (nSPS) is 15.4. The van der Waals surface area contributed by atoms with Crippen molar-refractivity contribution in [1.29, 1.82) is 0 Å². The monoisotopic (exact) mass is 263 g/mol. The van der Waals surface area contributed by atoms with Crippen molar-refractivity contribution in [2.24, 2.45) is 0 Å². The third kappa shape index (κ3) is 2.21. The SMILES string of the molecule is O=C(NCc1cccs1)N1CC(n2nccn2)C1. The van der Waals surface area contributed by atoms with Crippen LogP contribution in [0.1, 0.15) is 10.9 Å². The van der Waals surface area contributed by atoms with Crippen molar-refractivity contribution in [3.8, 4) is 0 Å². The van der Waals surface area contributed by atoms with Gasteiger partial charge in [-0.05, 0) is 11.4 Å². The molecular formula is C11H13N5OS. The van der Waals surface area contributed by atoms with Crippen LogP contribution in [-0.4, -0.2) is 39.0 Å². The highest BCUT2D eigenvalue weighted by molar-refractivity contribution is 7.09. The van der Waals surface area contributed by atoms with E-state index in [1.807, 2.05) is 17.5 Å². The summed E-state index contributed by atoms with van der Waals surface area (Å²) < 4.78 is 0. The van der Waals surface area contributed by atoms with Gasteiger partial charge in [0.1, 0.15) is 6.04 Å². The van der Waals surface area contributed by atoms with Gasteiger partial charge in [0.25, 0.3) is 0 Å². The Morgan fingerprint density at radius 2 is 2.22 bits per heavy atom. The molecule has 0 bridgehead atoms. The van der Waals surface area contributed by atoms with Crippen molar-refractivity contribution >= 4 is 17.4 Å². The third-order valence-corrected chi connectivity index (χ3v) is 3.78. The summed E-state index contributed by atoms with van der Waals surface area (Å²) in [5, 5.41) is 13.0. The maximum absolute atomic E-state index is 11.8. The summed E-state index contributed by atoms with van der Waals surface area (Å²) in [6.45, 7) is 1.94. The molecule has 3 rings (SSSR count). The summed E-state index contributed by atoms with van der Waals surface area (Å²) in [5.74, 6) is 0. The molecule has 1 fully saturated rings. The number of likely N-dealkylation sites (tertiary alicyclic amines) is 1. The second-order valence-electron chi connectivity index (χ2n) is 4.15. The minimum Gasteiger partial charge on any atom is -0.333 e. The maximum atomic E-state index is 11.8. The fourth-order valence-corrected chi connectivity index (χ4v) is 2.51. The lowest BCUT2D eigenvalue weighted by atomic mass is 10.1. The molecule has 0 saturated carbocycles. The van der Waals surface area contributed by atoms with E-state index in [9.17, 15) is 4.79 Å². The molecule has 3 heterocycles. The number of hydrogen-bond donors (Lipinski definition) is 1. The van der Waals surface area contributed by atoms with Gasteiger partial charge in [0.05, 0.1) is 18.9 Å². The van der Waals surface area contributed by atoms with E-state index < -0.39 is 0 Å². The predicted molar refractivity (Wildman–Crippen MR) is 67.2 cm³/mol. The Kier molecular flexibility index (Phi) is 2.97. The van der Waals surface area contributed by atoms with Gasteiger partial charge in [0.15, 0.2) is 0 Å². The van der Waals surface area contributed by atoms with Crippen molar-refractivity contribution < 1.29 is 4.79 Å². The molecule has 2 aromatic rings. The molecule has 1 saturated heterocycles. The van der Waals surface area contributed by atoms with Gasteiger partial charge in [0, 0.05) is 18.0 Å². The number of amides is 2. The van der Waals surface area contributed by atoms with Crippen LogP contribution in [0.2, 0.25) is 0 Å². The first-order chi connectivity index (χ1) is 8.83. The van der Waals surface area contributed by atoms with Gasteiger partial charge in [-0.15, -0.1) is 11.3 Å². The van der Waals surface area contributed by atoms with E-state index in [2.05, 4.69) is 15.5 Å². The fraction of sp³-hybridized carbons (Fsp3) is 0.364.